The number of rotatable bonds is 5. The highest BCUT2D eigenvalue weighted by Crippen LogP contribution is 2.24. The summed E-state index contributed by atoms with van der Waals surface area (Å²) in [7, 11) is 0. The van der Waals surface area contributed by atoms with Gasteiger partial charge in [-0.25, -0.2) is 4.79 Å². The van der Waals surface area contributed by atoms with Crippen molar-refractivity contribution in [3.63, 3.8) is 0 Å². The minimum absolute atomic E-state index is 0.0123. The van der Waals surface area contributed by atoms with E-state index in [2.05, 4.69) is 10.6 Å². The number of carbonyl (C=O) groups excluding carboxylic acids is 3. The average molecular weight is 321 g/mol. The van der Waals surface area contributed by atoms with Gasteiger partial charge in [0.1, 0.15) is 12.6 Å². The highest BCUT2D eigenvalue weighted by molar-refractivity contribution is 7.98. The van der Waals surface area contributed by atoms with Crippen molar-refractivity contribution in [3.05, 3.63) is 24.3 Å². The van der Waals surface area contributed by atoms with Gasteiger partial charge in [-0.1, -0.05) is 26.0 Å². The number of thioether (sulfide) groups is 1. The number of nitrogens with one attached hydrogen (secondary N) is 2. The number of hydrogen-bond donors (Lipinski definition) is 2. The number of anilines is 1. The third-order valence-corrected chi connectivity index (χ3v) is 4.20. The molecule has 2 N–H and O–H groups in total. The Kier molecular flexibility index (Phi) is 5.07. The fraction of sp³-hybridized carbons (Fsp3) is 0.400. The zero-order chi connectivity index (χ0) is 16.3. The first-order chi connectivity index (χ1) is 10.4. The minimum atomic E-state index is -0.557. The minimum Gasteiger partial charge on any atom is -0.326 e. The maximum Gasteiger partial charge on any atom is 0.325 e. The van der Waals surface area contributed by atoms with Crippen molar-refractivity contribution >= 4 is 35.3 Å². The van der Waals surface area contributed by atoms with E-state index in [1.54, 1.807) is 6.07 Å². The second-order valence-electron chi connectivity index (χ2n) is 5.34. The molecule has 0 aliphatic carbocycles. The lowest BCUT2D eigenvalue weighted by Gasteiger charge is -2.15. The van der Waals surface area contributed by atoms with Crippen LogP contribution >= 0.6 is 11.8 Å². The van der Waals surface area contributed by atoms with E-state index in [-0.39, 0.29) is 18.4 Å². The van der Waals surface area contributed by atoms with E-state index in [4.69, 9.17) is 0 Å². The van der Waals surface area contributed by atoms with Gasteiger partial charge in [-0.05, 0) is 24.3 Å². The van der Waals surface area contributed by atoms with Gasteiger partial charge in [0.05, 0.1) is 5.69 Å². The molecule has 1 aromatic carbocycles. The molecule has 0 saturated carbocycles. The Morgan fingerprint density at radius 2 is 2.05 bits per heavy atom. The number of hydrogen-bond acceptors (Lipinski definition) is 4. The molecule has 4 amide bonds. The predicted octanol–water partition coefficient (Wildman–Crippen LogP) is 1.92. The molecule has 22 heavy (non-hydrogen) atoms. The number of amides is 4. The van der Waals surface area contributed by atoms with Crippen molar-refractivity contribution in [1.82, 2.24) is 10.2 Å². The molecule has 1 fully saturated rings. The molecule has 0 radical (unpaired) electrons. The first kappa shape index (κ1) is 16.4. The molecule has 7 heteroatoms. The smallest absolute Gasteiger partial charge is 0.325 e. The maximum absolute atomic E-state index is 12.1. The van der Waals surface area contributed by atoms with Gasteiger partial charge >= 0.3 is 6.03 Å². The molecule has 6 nitrogen and oxygen atoms in total. The number of urea groups is 1. The normalized spacial score (nSPS) is 17.8. The summed E-state index contributed by atoms with van der Waals surface area (Å²) in [4.78, 5) is 37.9. The highest BCUT2D eigenvalue weighted by atomic mass is 32.2. The summed E-state index contributed by atoms with van der Waals surface area (Å²) in [5.74, 6) is -0.760. The van der Waals surface area contributed by atoms with Crippen LogP contribution in [-0.2, 0) is 9.59 Å². The van der Waals surface area contributed by atoms with E-state index in [0.717, 1.165) is 9.80 Å². The fourth-order valence-electron chi connectivity index (χ4n) is 2.22. The lowest BCUT2D eigenvalue weighted by Crippen LogP contribution is -2.39. The summed E-state index contributed by atoms with van der Waals surface area (Å²) in [6.07, 6.45) is 1.91. The van der Waals surface area contributed by atoms with Crippen molar-refractivity contribution in [2.45, 2.75) is 24.8 Å². The summed E-state index contributed by atoms with van der Waals surface area (Å²) in [5.41, 5.74) is 0.674. The molecule has 0 aromatic heterocycles. The summed E-state index contributed by atoms with van der Waals surface area (Å²) in [6.45, 7) is 3.42. The molecular weight excluding hydrogens is 302 g/mol. The lowest BCUT2D eigenvalue weighted by molar-refractivity contribution is -0.131. The van der Waals surface area contributed by atoms with Gasteiger partial charge in [-0.2, -0.15) is 0 Å². The number of nitrogens with zero attached hydrogens (tertiary/aromatic N) is 1. The second kappa shape index (κ2) is 6.83. The van der Waals surface area contributed by atoms with Crippen LogP contribution in [0.25, 0.3) is 0 Å². The fourth-order valence-corrected chi connectivity index (χ4v) is 2.78. The van der Waals surface area contributed by atoms with Gasteiger partial charge in [0.15, 0.2) is 0 Å². The van der Waals surface area contributed by atoms with Gasteiger partial charge < -0.3 is 10.6 Å². The van der Waals surface area contributed by atoms with E-state index in [9.17, 15) is 14.4 Å². The summed E-state index contributed by atoms with van der Waals surface area (Å²) >= 11 is 1.51. The third kappa shape index (κ3) is 3.41. The number of benzene rings is 1. The largest absolute Gasteiger partial charge is 0.326 e. The van der Waals surface area contributed by atoms with E-state index in [0.29, 0.717) is 5.69 Å². The molecule has 1 aliphatic heterocycles. The second-order valence-corrected chi connectivity index (χ2v) is 6.19. The first-order valence-electron chi connectivity index (χ1n) is 6.98. The van der Waals surface area contributed by atoms with Crippen LogP contribution in [0.2, 0.25) is 0 Å². The Balaban J connectivity index is 2.03. The summed E-state index contributed by atoms with van der Waals surface area (Å²) < 4.78 is 0. The summed E-state index contributed by atoms with van der Waals surface area (Å²) in [5, 5.41) is 5.34. The molecule has 1 aromatic rings. The van der Waals surface area contributed by atoms with Crippen molar-refractivity contribution in [2.75, 3.05) is 18.1 Å². The molecule has 0 spiro atoms. The van der Waals surface area contributed by atoms with Crippen LogP contribution in [0.5, 0.6) is 0 Å². The summed E-state index contributed by atoms with van der Waals surface area (Å²) in [6, 6.07) is 6.30. The van der Waals surface area contributed by atoms with Crippen LogP contribution < -0.4 is 10.6 Å². The zero-order valence-electron chi connectivity index (χ0n) is 12.8. The molecule has 0 bridgehead atoms. The van der Waals surface area contributed by atoms with Crippen LogP contribution in [0, 0.1) is 5.92 Å². The van der Waals surface area contributed by atoms with E-state index in [1.807, 2.05) is 38.3 Å². The molecule has 118 valence electrons. The molecule has 2 rings (SSSR count). The maximum atomic E-state index is 12.1. The number of imide groups is 1. The van der Waals surface area contributed by atoms with Crippen LogP contribution in [0.3, 0.4) is 0 Å². The SMILES string of the molecule is CSc1ccccc1NC(=O)CN1C(=O)NC(C(C)C)C1=O. The molecule has 1 aliphatic rings. The van der Waals surface area contributed by atoms with Crippen LogP contribution in [0.1, 0.15) is 13.8 Å². The van der Waals surface area contributed by atoms with Crippen molar-refractivity contribution in [2.24, 2.45) is 5.92 Å². The standard InChI is InChI=1S/C15H19N3O3S/c1-9(2)13-14(20)18(15(21)17-13)8-12(19)16-10-6-4-5-7-11(10)22-3/h4-7,9,13H,8H2,1-3H3,(H,16,19)(H,17,21). The van der Waals surface area contributed by atoms with E-state index < -0.39 is 18.0 Å². The van der Waals surface area contributed by atoms with Gasteiger partial charge in [0.2, 0.25) is 5.91 Å². The first-order valence-corrected chi connectivity index (χ1v) is 8.21. The number of para-hydroxylation sites is 1. The Bertz CT molecular complexity index is 603. The van der Waals surface area contributed by atoms with E-state index in [1.165, 1.54) is 11.8 Å². The van der Waals surface area contributed by atoms with Gasteiger partial charge in [-0.3, -0.25) is 14.5 Å². The number of carbonyl (C=O) groups is 3. The average Bonchev–Trinajstić information content (AvgIpc) is 2.76. The van der Waals surface area contributed by atoms with Crippen molar-refractivity contribution in [3.8, 4) is 0 Å². The van der Waals surface area contributed by atoms with Crippen molar-refractivity contribution in [1.29, 1.82) is 0 Å². The Labute approximate surface area is 133 Å². The predicted molar refractivity (Wildman–Crippen MR) is 85.7 cm³/mol. The van der Waals surface area contributed by atoms with Crippen LogP contribution in [0.15, 0.2) is 29.2 Å². The van der Waals surface area contributed by atoms with Gasteiger partial charge in [0, 0.05) is 4.90 Å². The Morgan fingerprint density at radius 1 is 1.36 bits per heavy atom. The third-order valence-electron chi connectivity index (χ3n) is 3.41. The van der Waals surface area contributed by atoms with Crippen molar-refractivity contribution < 1.29 is 14.4 Å². The monoisotopic (exact) mass is 321 g/mol. The molecule has 1 unspecified atom stereocenters. The van der Waals surface area contributed by atoms with Crippen LogP contribution in [-0.4, -0.2) is 41.6 Å². The molecule has 1 heterocycles. The Morgan fingerprint density at radius 3 is 2.64 bits per heavy atom. The molecule has 1 saturated heterocycles. The zero-order valence-corrected chi connectivity index (χ0v) is 13.6. The van der Waals surface area contributed by atoms with E-state index >= 15 is 0 Å². The lowest BCUT2D eigenvalue weighted by atomic mass is 10.1. The highest BCUT2D eigenvalue weighted by Gasteiger charge is 2.40. The topological polar surface area (TPSA) is 78.5 Å². The quantitative estimate of drug-likeness (QED) is 0.641. The molecule has 1 atom stereocenters. The van der Waals surface area contributed by atoms with Crippen LogP contribution in [0.4, 0.5) is 10.5 Å². The molecular formula is C15H19N3O3S. The Hall–Kier alpha value is -2.02. The van der Waals surface area contributed by atoms with Gasteiger partial charge in [-0.15, -0.1) is 11.8 Å². The van der Waals surface area contributed by atoms with Gasteiger partial charge in [0.25, 0.3) is 5.91 Å².